The van der Waals surface area contributed by atoms with Gasteiger partial charge in [-0.2, -0.15) is 0 Å². The van der Waals surface area contributed by atoms with Crippen LogP contribution in [0.25, 0.3) is 10.8 Å². The highest BCUT2D eigenvalue weighted by Gasteiger charge is 2.12. The SMILES string of the molecule is C#C.CC.CC.CCCCc1ccccc1.CCCOc1oc(=O)c2cc(C(C)C)ccc2c1C. The molecule has 0 N–H and O–H groups in total. The minimum absolute atomic E-state index is 0.325. The van der Waals surface area contributed by atoms with Crippen molar-refractivity contribution in [2.75, 3.05) is 6.61 Å². The van der Waals surface area contributed by atoms with Crippen molar-refractivity contribution < 1.29 is 9.15 Å². The fourth-order valence-electron chi connectivity index (χ4n) is 3.10. The Labute approximate surface area is 214 Å². The number of ether oxygens (including phenoxy) is 1. The van der Waals surface area contributed by atoms with E-state index in [1.807, 2.05) is 53.7 Å². The second kappa shape index (κ2) is 21.5. The van der Waals surface area contributed by atoms with Crippen molar-refractivity contribution in [3.63, 3.8) is 0 Å². The van der Waals surface area contributed by atoms with E-state index >= 15 is 0 Å². The summed E-state index contributed by atoms with van der Waals surface area (Å²) in [5.74, 6) is 0.733. The summed E-state index contributed by atoms with van der Waals surface area (Å²) in [5, 5.41) is 1.54. The molecule has 0 saturated heterocycles. The number of benzene rings is 2. The average molecular weight is 481 g/mol. The topological polar surface area (TPSA) is 39.4 Å². The molecule has 0 saturated carbocycles. The van der Waals surface area contributed by atoms with E-state index in [1.165, 1.54) is 24.8 Å². The van der Waals surface area contributed by atoms with Crippen LogP contribution in [0.1, 0.15) is 97.3 Å². The van der Waals surface area contributed by atoms with Crippen molar-refractivity contribution >= 4 is 10.8 Å². The predicted molar refractivity (Wildman–Crippen MR) is 155 cm³/mol. The van der Waals surface area contributed by atoms with Gasteiger partial charge in [-0.25, -0.2) is 4.79 Å². The maximum absolute atomic E-state index is 12.0. The number of hydrogen-bond acceptors (Lipinski definition) is 3. The minimum atomic E-state index is -0.325. The van der Waals surface area contributed by atoms with E-state index in [-0.39, 0.29) is 5.63 Å². The van der Waals surface area contributed by atoms with Crippen molar-refractivity contribution in [1.29, 1.82) is 0 Å². The normalized spacial score (nSPS) is 9.26. The molecule has 0 spiro atoms. The summed E-state index contributed by atoms with van der Waals surface area (Å²) in [6.07, 6.45) is 12.7. The van der Waals surface area contributed by atoms with E-state index in [0.29, 0.717) is 23.9 Å². The monoisotopic (exact) mass is 480 g/mol. The zero-order valence-electron chi connectivity index (χ0n) is 23.6. The highest BCUT2D eigenvalue weighted by atomic mass is 16.6. The van der Waals surface area contributed by atoms with Crippen LogP contribution in [0.3, 0.4) is 0 Å². The molecular weight excluding hydrogens is 432 g/mol. The molecule has 0 fully saturated rings. The van der Waals surface area contributed by atoms with Crippen molar-refractivity contribution in [2.45, 2.75) is 93.9 Å². The van der Waals surface area contributed by atoms with E-state index in [4.69, 9.17) is 9.15 Å². The third-order valence-electron chi connectivity index (χ3n) is 4.92. The molecule has 35 heavy (non-hydrogen) atoms. The average Bonchev–Trinajstić information content (AvgIpc) is 2.92. The van der Waals surface area contributed by atoms with Crippen molar-refractivity contribution in [3.05, 3.63) is 75.6 Å². The van der Waals surface area contributed by atoms with Crippen LogP contribution in [0.15, 0.2) is 57.7 Å². The number of aryl methyl sites for hydroxylation is 2. The van der Waals surface area contributed by atoms with Gasteiger partial charge in [-0.3, -0.25) is 0 Å². The third-order valence-corrected chi connectivity index (χ3v) is 4.92. The summed E-state index contributed by atoms with van der Waals surface area (Å²) >= 11 is 0. The second-order valence-electron chi connectivity index (χ2n) is 7.70. The first-order chi connectivity index (χ1) is 17.0. The first kappa shape index (κ1) is 34.2. The highest BCUT2D eigenvalue weighted by Crippen LogP contribution is 2.27. The fraction of sp³-hybridized carbons (Fsp3) is 0.469. The third kappa shape index (κ3) is 12.3. The first-order valence-electron chi connectivity index (χ1n) is 13.0. The van der Waals surface area contributed by atoms with Gasteiger partial charge in [0.1, 0.15) is 0 Å². The molecular formula is C32H48O3. The number of hydrogen-bond donors (Lipinski definition) is 0. The maximum atomic E-state index is 12.0. The fourth-order valence-corrected chi connectivity index (χ4v) is 3.10. The standard InChI is InChI=1S/C16H20O3.C10H14.2C2H6.C2H2/c1-5-8-18-16-11(4)13-7-6-12(10(2)3)9-14(13)15(17)19-16;1-2-3-7-10-8-5-4-6-9-10;3*1-2/h6-7,9-10H,5,8H2,1-4H3;4-6,8-9H,2-3,7H2,1H3;2*1-2H3;1-2H. The maximum Gasteiger partial charge on any atom is 0.346 e. The van der Waals surface area contributed by atoms with E-state index in [9.17, 15) is 4.79 Å². The molecule has 194 valence electrons. The summed E-state index contributed by atoms with van der Waals surface area (Å²) in [5.41, 5.74) is 3.17. The zero-order valence-corrected chi connectivity index (χ0v) is 23.6. The molecule has 0 radical (unpaired) electrons. The molecule has 3 aromatic rings. The van der Waals surface area contributed by atoms with Crippen LogP contribution in [0.2, 0.25) is 0 Å². The van der Waals surface area contributed by atoms with Crippen molar-refractivity contribution in [3.8, 4) is 18.8 Å². The van der Waals surface area contributed by atoms with Crippen molar-refractivity contribution in [1.82, 2.24) is 0 Å². The Morgan fingerprint density at radius 2 is 1.49 bits per heavy atom. The van der Waals surface area contributed by atoms with Gasteiger partial charge >= 0.3 is 5.63 Å². The van der Waals surface area contributed by atoms with Gasteiger partial charge in [0.15, 0.2) is 0 Å². The molecule has 0 aliphatic heterocycles. The molecule has 3 heteroatoms. The summed E-state index contributed by atoms with van der Waals surface area (Å²) in [6, 6.07) is 16.6. The Kier molecular flexibility index (Phi) is 21.0. The molecule has 0 atom stereocenters. The van der Waals surface area contributed by atoms with Gasteiger partial charge in [-0.05, 0) is 54.7 Å². The molecule has 0 aliphatic rings. The molecule has 0 amide bonds. The second-order valence-corrected chi connectivity index (χ2v) is 7.70. The summed E-state index contributed by atoms with van der Waals surface area (Å²) < 4.78 is 10.8. The van der Waals surface area contributed by atoms with Crippen molar-refractivity contribution in [2.24, 2.45) is 0 Å². The Balaban J connectivity index is 0. The molecule has 0 bridgehead atoms. The molecule has 0 aliphatic carbocycles. The Morgan fingerprint density at radius 3 is 2.00 bits per heavy atom. The molecule has 3 rings (SSSR count). The smallest absolute Gasteiger partial charge is 0.346 e. The Morgan fingerprint density at radius 1 is 0.886 bits per heavy atom. The van der Waals surface area contributed by atoms with Crippen LogP contribution in [-0.4, -0.2) is 6.61 Å². The van der Waals surface area contributed by atoms with E-state index in [0.717, 1.165) is 22.9 Å². The quantitative estimate of drug-likeness (QED) is 0.316. The van der Waals surface area contributed by atoms with Crippen LogP contribution in [0.4, 0.5) is 0 Å². The number of unbranched alkanes of at least 4 members (excludes halogenated alkanes) is 1. The van der Waals surface area contributed by atoms with Gasteiger partial charge in [-0.1, -0.05) is 104 Å². The van der Waals surface area contributed by atoms with E-state index in [1.54, 1.807) is 0 Å². The largest absolute Gasteiger partial charge is 0.465 e. The lowest BCUT2D eigenvalue weighted by Gasteiger charge is -2.10. The minimum Gasteiger partial charge on any atom is -0.465 e. The van der Waals surface area contributed by atoms with Gasteiger partial charge in [0, 0.05) is 5.56 Å². The van der Waals surface area contributed by atoms with Crippen LogP contribution in [0, 0.1) is 19.8 Å². The molecule has 1 heterocycles. The molecule has 3 nitrogen and oxygen atoms in total. The lowest BCUT2D eigenvalue weighted by Crippen LogP contribution is -2.06. The lowest BCUT2D eigenvalue weighted by molar-refractivity contribution is 0.230. The lowest BCUT2D eigenvalue weighted by atomic mass is 9.99. The zero-order chi connectivity index (χ0) is 27.2. The van der Waals surface area contributed by atoms with Gasteiger partial charge in [0.25, 0.3) is 5.95 Å². The first-order valence-corrected chi connectivity index (χ1v) is 13.0. The predicted octanol–water partition coefficient (Wildman–Crippen LogP) is 9.34. The van der Waals surface area contributed by atoms with Gasteiger partial charge in [0.05, 0.1) is 12.0 Å². The van der Waals surface area contributed by atoms with E-state index < -0.39 is 0 Å². The summed E-state index contributed by atoms with van der Waals surface area (Å²) in [7, 11) is 0. The number of terminal acetylenes is 1. The summed E-state index contributed by atoms with van der Waals surface area (Å²) in [4.78, 5) is 12.0. The Hall–Kier alpha value is -2.99. The van der Waals surface area contributed by atoms with Gasteiger partial charge in [0.2, 0.25) is 0 Å². The van der Waals surface area contributed by atoms with Crippen LogP contribution < -0.4 is 10.4 Å². The Bertz CT molecular complexity index is 982. The van der Waals surface area contributed by atoms with E-state index in [2.05, 4.69) is 70.0 Å². The highest BCUT2D eigenvalue weighted by molar-refractivity contribution is 5.86. The molecule has 0 unspecified atom stereocenters. The van der Waals surface area contributed by atoms with Crippen LogP contribution >= 0.6 is 0 Å². The van der Waals surface area contributed by atoms with Gasteiger partial charge < -0.3 is 9.15 Å². The molecule has 2 aromatic carbocycles. The van der Waals surface area contributed by atoms with Gasteiger partial charge in [-0.15, -0.1) is 12.8 Å². The molecule has 1 aromatic heterocycles. The number of fused-ring (bicyclic) bond motifs is 1. The number of rotatable bonds is 7. The van der Waals surface area contributed by atoms with Crippen LogP contribution in [0.5, 0.6) is 5.95 Å². The van der Waals surface area contributed by atoms with Crippen LogP contribution in [-0.2, 0) is 6.42 Å². The summed E-state index contributed by atoms with van der Waals surface area (Å²) in [6.45, 7) is 18.9.